The highest BCUT2D eigenvalue weighted by Crippen LogP contribution is 2.36. The molecule has 9 nitrogen and oxygen atoms in total. The number of nitrogens with zero attached hydrogens (tertiary/aromatic N) is 2. The number of ether oxygens (including phenoxy) is 2. The first-order valence-corrected chi connectivity index (χ1v) is 14.8. The van der Waals surface area contributed by atoms with Crippen molar-refractivity contribution in [1.29, 1.82) is 0 Å². The van der Waals surface area contributed by atoms with Crippen molar-refractivity contribution in [3.05, 3.63) is 52.5 Å². The molecule has 1 atom stereocenters. The Bertz CT molecular complexity index is 1220. The van der Waals surface area contributed by atoms with Gasteiger partial charge in [-0.2, -0.15) is 0 Å². The summed E-state index contributed by atoms with van der Waals surface area (Å²) in [6.45, 7) is 6.67. The van der Waals surface area contributed by atoms with Crippen LogP contribution < -0.4 is 19.1 Å². The van der Waals surface area contributed by atoms with Crippen LogP contribution in [0.2, 0.25) is 0 Å². The lowest BCUT2D eigenvalue weighted by Crippen LogP contribution is -2.48. The monoisotopic (exact) mass is 595 g/mol. The normalized spacial score (nSPS) is 13.4. The Hall–Kier alpha value is -2.79. The van der Waals surface area contributed by atoms with Crippen LogP contribution in [0, 0.1) is 5.92 Å². The second-order valence-electron chi connectivity index (χ2n) is 9.44. The Labute approximate surface area is 227 Å². The molecule has 0 fully saturated rings. The smallest absolute Gasteiger partial charge is 0.242 e. The van der Waals surface area contributed by atoms with Crippen molar-refractivity contribution < 1.29 is 27.5 Å². The van der Waals surface area contributed by atoms with E-state index in [-0.39, 0.29) is 50.5 Å². The van der Waals surface area contributed by atoms with E-state index in [1.54, 1.807) is 30.0 Å². The lowest BCUT2D eigenvalue weighted by molar-refractivity contribution is -0.140. The number of nitrogens with one attached hydrogen (secondary N) is 1. The van der Waals surface area contributed by atoms with Gasteiger partial charge in [-0.25, -0.2) is 8.42 Å². The number of anilines is 1. The molecule has 1 aliphatic heterocycles. The number of carbonyl (C=O) groups excluding carboxylic acids is 2. The second kappa shape index (κ2) is 12.6. The molecule has 2 aromatic carbocycles. The molecule has 0 radical (unpaired) electrons. The fourth-order valence-electron chi connectivity index (χ4n) is 3.91. The molecule has 3 rings (SSSR count). The van der Waals surface area contributed by atoms with Gasteiger partial charge in [-0.1, -0.05) is 41.9 Å². The van der Waals surface area contributed by atoms with Crippen LogP contribution in [0.5, 0.6) is 11.5 Å². The number of benzene rings is 2. The first kappa shape index (κ1) is 28.8. The van der Waals surface area contributed by atoms with E-state index in [2.05, 4.69) is 21.2 Å². The molecule has 0 spiro atoms. The predicted molar refractivity (Wildman–Crippen MR) is 146 cm³/mol. The third-order valence-electron chi connectivity index (χ3n) is 5.89. The summed E-state index contributed by atoms with van der Waals surface area (Å²) in [6, 6.07) is 11.8. The maximum absolute atomic E-state index is 13.4. The predicted octanol–water partition coefficient (Wildman–Crippen LogP) is 3.91. The largest absolute Gasteiger partial charge is 0.454 e. The molecule has 202 valence electrons. The van der Waals surface area contributed by atoms with E-state index in [0.29, 0.717) is 23.7 Å². The Kier molecular flexibility index (Phi) is 9.83. The van der Waals surface area contributed by atoms with Gasteiger partial charge < -0.3 is 19.7 Å². The molecule has 0 aliphatic carbocycles. The standard InChI is InChI=1S/C26H34BrN3O6S/c1-18(2)15-28-26(32)19(3)29(16-20-7-5-8-21(27)13-20)25(31)9-6-12-30(37(4,33)34)22-10-11-23-24(14-22)36-17-35-23/h5,7-8,10-11,13-14,18-19H,6,9,12,15-17H2,1-4H3,(H,28,32). The molecule has 0 aromatic heterocycles. The minimum absolute atomic E-state index is 0.0758. The van der Waals surface area contributed by atoms with Crippen LogP contribution in [-0.2, 0) is 26.2 Å². The van der Waals surface area contributed by atoms with Gasteiger partial charge in [0.25, 0.3) is 0 Å². The van der Waals surface area contributed by atoms with Gasteiger partial charge in [0.2, 0.25) is 28.6 Å². The average Bonchev–Trinajstić information content (AvgIpc) is 3.30. The molecule has 0 saturated heterocycles. The number of halogens is 1. The van der Waals surface area contributed by atoms with Crippen molar-refractivity contribution in [3.8, 4) is 11.5 Å². The Balaban J connectivity index is 1.72. The zero-order chi connectivity index (χ0) is 27.2. The third kappa shape index (κ3) is 8.10. The van der Waals surface area contributed by atoms with Crippen molar-refractivity contribution >= 4 is 43.5 Å². The van der Waals surface area contributed by atoms with Crippen molar-refractivity contribution in [2.45, 2.75) is 46.2 Å². The highest BCUT2D eigenvalue weighted by Gasteiger charge is 2.27. The van der Waals surface area contributed by atoms with E-state index in [1.165, 1.54) is 4.31 Å². The van der Waals surface area contributed by atoms with Gasteiger partial charge >= 0.3 is 0 Å². The van der Waals surface area contributed by atoms with Crippen LogP contribution in [0.1, 0.15) is 39.2 Å². The first-order valence-electron chi connectivity index (χ1n) is 12.1. The minimum atomic E-state index is -3.61. The number of rotatable bonds is 12. The van der Waals surface area contributed by atoms with Crippen molar-refractivity contribution in [3.63, 3.8) is 0 Å². The van der Waals surface area contributed by atoms with Crippen molar-refractivity contribution in [1.82, 2.24) is 10.2 Å². The SMILES string of the molecule is CC(C)CNC(=O)C(C)N(Cc1cccc(Br)c1)C(=O)CCCN(c1ccc2c(c1)OCO2)S(C)(=O)=O. The summed E-state index contributed by atoms with van der Waals surface area (Å²) in [6.07, 6.45) is 1.47. The van der Waals surface area contributed by atoms with Gasteiger partial charge in [0.1, 0.15) is 6.04 Å². The maximum Gasteiger partial charge on any atom is 0.242 e. The number of fused-ring (bicyclic) bond motifs is 1. The van der Waals surface area contributed by atoms with E-state index >= 15 is 0 Å². The molecule has 2 amide bonds. The molecule has 0 saturated carbocycles. The lowest BCUT2D eigenvalue weighted by atomic mass is 10.1. The van der Waals surface area contributed by atoms with Crippen molar-refractivity contribution in [2.24, 2.45) is 5.92 Å². The molecule has 1 N–H and O–H groups in total. The van der Waals surface area contributed by atoms with Crippen LogP contribution in [0.3, 0.4) is 0 Å². The van der Waals surface area contributed by atoms with Gasteiger partial charge in [-0.3, -0.25) is 13.9 Å². The zero-order valence-corrected chi connectivity index (χ0v) is 24.0. The number of carbonyl (C=O) groups is 2. The number of hydrogen-bond donors (Lipinski definition) is 1. The van der Waals surface area contributed by atoms with Crippen LogP contribution in [-0.4, -0.2) is 57.3 Å². The summed E-state index contributed by atoms with van der Waals surface area (Å²) in [5.41, 5.74) is 1.32. The van der Waals surface area contributed by atoms with Crippen molar-refractivity contribution in [2.75, 3.05) is 30.4 Å². The first-order chi connectivity index (χ1) is 17.5. The summed E-state index contributed by atoms with van der Waals surface area (Å²) >= 11 is 3.45. The Morgan fingerprint density at radius 3 is 2.49 bits per heavy atom. The number of amides is 2. The summed E-state index contributed by atoms with van der Waals surface area (Å²) in [5, 5.41) is 2.90. The molecule has 1 unspecified atom stereocenters. The molecule has 1 heterocycles. The van der Waals surface area contributed by atoms with E-state index in [0.717, 1.165) is 16.3 Å². The molecule has 1 aliphatic rings. The van der Waals surface area contributed by atoms with Crippen LogP contribution >= 0.6 is 15.9 Å². The summed E-state index contributed by atoms with van der Waals surface area (Å²) < 4.78 is 37.9. The summed E-state index contributed by atoms with van der Waals surface area (Å²) in [7, 11) is -3.61. The third-order valence-corrected chi connectivity index (χ3v) is 7.58. The topological polar surface area (TPSA) is 105 Å². The number of sulfonamides is 1. The second-order valence-corrected chi connectivity index (χ2v) is 12.3. The van der Waals surface area contributed by atoms with Gasteiger partial charge in [-0.15, -0.1) is 0 Å². The van der Waals surface area contributed by atoms with E-state index < -0.39 is 16.1 Å². The van der Waals surface area contributed by atoms with Gasteiger partial charge in [0.15, 0.2) is 11.5 Å². The fraction of sp³-hybridized carbons (Fsp3) is 0.462. The highest BCUT2D eigenvalue weighted by molar-refractivity contribution is 9.10. The van der Waals surface area contributed by atoms with E-state index in [4.69, 9.17) is 9.47 Å². The lowest BCUT2D eigenvalue weighted by Gasteiger charge is -2.29. The van der Waals surface area contributed by atoms with Gasteiger partial charge in [0.05, 0.1) is 11.9 Å². The molecule has 2 aromatic rings. The molecular weight excluding hydrogens is 562 g/mol. The highest BCUT2D eigenvalue weighted by atomic mass is 79.9. The molecule has 0 bridgehead atoms. The average molecular weight is 597 g/mol. The molecule has 11 heteroatoms. The Morgan fingerprint density at radius 2 is 1.81 bits per heavy atom. The molecular formula is C26H34BrN3O6S. The Morgan fingerprint density at radius 1 is 1.08 bits per heavy atom. The van der Waals surface area contributed by atoms with Crippen LogP contribution in [0.4, 0.5) is 5.69 Å². The summed E-state index contributed by atoms with van der Waals surface area (Å²) in [5.74, 6) is 0.856. The quantitative estimate of drug-likeness (QED) is 0.399. The van der Waals surface area contributed by atoms with E-state index in [1.807, 2.05) is 38.1 Å². The summed E-state index contributed by atoms with van der Waals surface area (Å²) in [4.78, 5) is 27.7. The number of hydrogen-bond acceptors (Lipinski definition) is 6. The van der Waals surface area contributed by atoms with E-state index in [9.17, 15) is 18.0 Å². The van der Waals surface area contributed by atoms with Crippen LogP contribution in [0.25, 0.3) is 0 Å². The fourth-order valence-corrected chi connectivity index (χ4v) is 5.32. The van der Waals surface area contributed by atoms with Gasteiger partial charge in [-0.05, 0) is 49.1 Å². The molecule has 37 heavy (non-hydrogen) atoms. The van der Waals surface area contributed by atoms with Crippen LogP contribution in [0.15, 0.2) is 46.9 Å². The zero-order valence-electron chi connectivity index (χ0n) is 21.6. The minimum Gasteiger partial charge on any atom is -0.454 e. The van der Waals surface area contributed by atoms with Gasteiger partial charge in [0, 0.05) is 36.6 Å². The maximum atomic E-state index is 13.4.